The number of imidazole rings is 1. The van der Waals surface area contributed by atoms with Crippen LogP contribution in [0.15, 0.2) is 12.4 Å². The Bertz CT molecular complexity index is 267. The molecule has 86 valence electrons. The summed E-state index contributed by atoms with van der Waals surface area (Å²) < 4.78 is 2.14. The van der Waals surface area contributed by atoms with Crippen molar-refractivity contribution in [3.05, 3.63) is 18.2 Å². The lowest BCUT2D eigenvalue weighted by Gasteiger charge is -2.20. The fourth-order valence-electron chi connectivity index (χ4n) is 1.68. The van der Waals surface area contributed by atoms with E-state index in [-0.39, 0.29) is 6.61 Å². The highest BCUT2D eigenvalue weighted by Gasteiger charge is 2.03. The molecule has 0 aromatic carbocycles. The van der Waals surface area contributed by atoms with E-state index in [0.717, 1.165) is 38.4 Å². The molecule has 15 heavy (non-hydrogen) atoms. The van der Waals surface area contributed by atoms with Gasteiger partial charge in [0.1, 0.15) is 5.82 Å². The Balaban J connectivity index is 2.36. The normalized spacial score (nSPS) is 11.2. The highest BCUT2D eigenvalue weighted by atomic mass is 16.3. The lowest BCUT2D eigenvalue weighted by Crippen LogP contribution is -2.31. The summed E-state index contributed by atoms with van der Waals surface area (Å²) >= 11 is 0. The van der Waals surface area contributed by atoms with Gasteiger partial charge >= 0.3 is 0 Å². The third-order valence-electron chi connectivity index (χ3n) is 2.54. The Morgan fingerprint density at radius 3 is 2.73 bits per heavy atom. The van der Waals surface area contributed by atoms with Crippen LogP contribution in [-0.2, 0) is 6.54 Å². The summed E-state index contributed by atoms with van der Waals surface area (Å²) in [5.74, 6) is 1.05. The number of hydrogen-bond donors (Lipinski definition) is 1. The third kappa shape index (κ3) is 4.01. The largest absolute Gasteiger partial charge is 0.395 e. The number of aliphatic hydroxyl groups excluding tert-OH is 1. The second-order valence-electron chi connectivity index (χ2n) is 3.73. The van der Waals surface area contributed by atoms with E-state index in [1.807, 2.05) is 19.3 Å². The van der Waals surface area contributed by atoms with Crippen LogP contribution in [0.2, 0.25) is 0 Å². The summed E-state index contributed by atoms with van der Waals surface area (Å²) in [7, 11) is 0. The minimum atomic E-state index is 0.239. The van der Waals surface area contributed by atoms with Crippen LogP contribution in [0.4, 0.5) is 0 Å². The maximum atomic E-state index is 8.91. The van der Waals surface area contributed by atoms with Gasteiger partial charge in [0.05, 0.1) is 6.61 Å². The van der Waals surface area contributed by atoms with Crippen LogP contribution in [0.1, 0.15) is 19.2 Å². The minimum Gasteiger partial charge on any atom is -0.395 e. The Morgan fingerprint density at radius 1 is 1.40 bits per heavy atom. The molecule has 0 fully saturated rings. The quantitative estimate of drug-likeness (QED) is 0.728. The molecule has 0 aliphatic rings. The first kappa shape index (κ1) is 12.2. The highest BCUT2D eigenvalue weighted by molar-refractivity contribution is 4.88. The van der Waals surface area contributed by atoms with Crippen molar-refractivity contribution < 1.29 is 5.11 Å². The van der Waals surface area contributed by atoms with Crippen LogP contribution in [0.3, 0.4) is 0 Å². The maximum absolute atomic E-state index is 8.91. The molecule has 0 saturated heterocycles. The molecule has 0 amide bonds. The van der Waals surface area contributed by atoms with Gasteiger partial charge in [0.15, 0.2) is 0 Å². The van der Waals surface area contributed by atoms with Gasteiger partial charge in [0.2, 0.25) is 0 Å². The topological polar surface area (TPSA) is 41.3 Å². The molecule has 1 aromatic heterocycles. The molecule has 1 rings (SSSR count). The Hall–Kier alpha value is -0.870. The van der Waals surface area contributed by atoms with Gasteiger partial charge in [-0.1, -0.05) is 6.92 Å². The summed E-state index contributed by atoms with van der Waals surface area (Å²) in [6.45, 7) is 8.15. The zero-order valence-corrected chi connectivity index (χ0v) is 9.69. The lowest BCUT2D eigenvalue weighted by atomic mass is 10.4. The molecule has 4 nitrogen and oxygen atoms in total. The number of aryl methyl sites for hydroxylation is 1. The molecule has 4 heteroatoms. The number of aliphatic hydroxyl groups is 1. The molecule has 0 aliphatic heterocycles. The molecule has 1 N–H and O–H groups in total. The second kappa shape index (κ2) is 6.58. The summed E-state index contributed by atoms with van der Waals surface area (Å²) in [4.78, 5) is 6.46. The van der Waals surface area contributed by atoms with Gasteiger partial charge in [0.25, 0.3) is 0 Å². The fraction of sp³-hybridized carbons (Fsp3) is 0.727. The van der Waals surface area contributed by atoms with Gasteiger partial charge in [-0.05, 0) is 19.9 Å². The molecule has 0 saturated carbocycles. The Morgan fingerprint density at radius 2 is 2.20 bits per heavy atom. The van der Waals surface area contributed by atoms with Gasteiger partial charge in [-0.15, -0.1) is 0 Å². The van der Waals surface area contributed by atoms with E-state index in [1.54, 1.807) is 0 Å². The van der Waals surface area contributed by atoms with Gasteiger partial charge in [-0.2, -0.15) is 0 Å². The zero-order chi connectivity index (χ0) is 11.1. The monoisotopic (exact) mass is 211 g/mol. The molecule has 0 atom stereocenters. The van der Waals surface area contributed by atoms with E-state index in [0.29, 0.717) is 0 Å². The number of hydrogen-bond acceptors (Lipinski definition) is 3. The number of aromatic nitrogens is 2. The van der Waals surface area contributed by atoms with Crippen molar-refractivity contribution in [1.82, 2.24) is 14.5 Å². The molecular weight excluding hydrogens is 190 g/mol. The SMILES string of the molecule is CCCN(CCO)CCn1ccnc1C. The highest BCUT2D eigenvalue weighted by Crippen LogP contribution is 1.97. The van der Waals surface area contributed by atoms with Crippen molar-refractivity contribution in [2.75, 3.05) is 26.2 Å². The van der Waals surface area contributed by atoms with E-state index in [1.165, 1.54) is 0 Å². The molecule has 0 aliphatic carbocycles. The maximum Gasteiger partial charge on any atom is 0.105 e. The van der Waals surface area contributed by atoms with Crippen LogP contribution in [0, 0.1) is 6.92 Å². The van der Waals surface area contributed by atoms with Crippen LogP contribution in [-0.4, -0.2) is 45.8 Å². The van der Waals surface area contributed by atoms with Crippen molar-refractivity contribution in [2.45, 2.75) is 26.8 Å². The van der Waals surface area contributed by atoms with E-state index < -0.39 is 0 Å². The smallest absolute Gasteiger partial charge is 0.105 e. The van der Waals surface area contributed by atoms with Crippen LogP contribution < -0.4 is 0 Å². The first-order valence-electron chi connectivity index (χ1n) is 5.59. The average Bonchev–Trinajstić information content (AvgIpc) is 2.61. The number of rotatable bonds is 7. The fourth-order valence-corrected chi connectivity index (χ4v) is 1.68. The molecule has 0 bridgehead atoms. The molecular formula is C11H21N3O. The molecule has 0 unspecified atom stereocenters. The predicted molar refractivity (Wildman–Crippen MR) is 60.8 cm³/mol. The van der Waals surface area contributed by atoms with Crippen LogP contribution in [0.25, 0.3) is 0 Å². The Labute approximate surface area is 91.5 Å². The summed E-state index contributed by atoms with van der Waals surface area (Å²) in [5, 5.41) is 8.91. The van der Waals surface area contributed by atoms with Gasteiger partial charge in [0, 0.05) is 32.0 Å². The molecule has 0 spiro atoms. The first-order valence-corrected chi connectivity index (χ1v) is 5.59. The van der Waals surface area contributed by atoms with Crippen molar-refractivity contribution in [2.24, 2.45) is 0 Å². The van der Waals surface area contributed by atoms with E-state index in [2.05, 4.69) is 21.4 Å². The average molecular weight is 211 g/mol. The van der Waals surface area contributed by atoms with Crippen molar-refractivity contribution in [3.63, 3.8) is 0 Å². The minimum absolute atomic E-state index is 0.239. The van der Waals surface area contributed by atoms with Crippen LogP contribution in [0.5, 0.6) is 0 Å². The summed E-state index contributed by atoms with van der Waals surface area (Å²) in [6, 6.07) is 0. The molecule has 0 radical (unpaired) electrons. The van der Waals surface area contributed by atoms with E-state index >= 15 is 0 Å². The summed E-state index contributed by atoms with van der Waals surface area (Å²) in [6.07, 6.45) is 4.95. The van der Waals surface area contributed by atoms with Gasteiger partial charge < -0.3 is 9.67 Å². The standard InChI is InChI=1S/C11H21N3O/c1-3-5-13(9-10-15)7-8-14-6-4-12-11(14)2/h4,6,15H,3,5,7-10H2,1-2H3. The van der Waals surface area contributed by atoms with E-state index in [9.17, 15) is 0 Å². The first-order chi connectivity index (χ1) is 7.27. The van der Waals surface area contributed by atoms with Gasteiger partial charge in [-0.25, -0.2) is 4.98 Å². The second-order valence-corrected chi connectivity index (χ2v) is 3.73. The van der Waals surface area contributed by atoms with Gasteiger partial charge in [-0.3, -0.25) is 4.90 Å². The lowest BCUT2D eigenvalue weighted by molar-refractivity contribution is 0.191. The predicted octanol–water partition coefficient (Wildman–Crippen LogP) is 0.896. The Kier molecular flexibility index (Phi) is 5.36. The van der Waals surface area contributed by atoms with E-state index in [4.69, 9.17) is 5.11 Å². The van der Waals surface area contributed by atoms with Crippen LogP contribution >= 0.6 is 0 Å². The van der Waals surface area contributed by atoms with Crippen molar-refractivity contribution >= 4 is 0 Å². The molecule has 1 heterocycles. The number of nitrogens with zero attached hydrogens (tertiary/aromatic N) is 3. The molecule has 1 aromatic rings. The summed E-state index contributed by atoms with van der Waals surface area (Å²) in [5.41, 5.74) is 0. The zero-order valence-electron chi connectivity index (χ0n) is 9.69. The van der Waals surface area contributed by atoms with Crippen molar-refractivity contribution in [1.29, 1.82) is 0 Å². The third-order valence-corrected chi connectivity index (χ3v) is 2.54. The van der Waals surface area contributed by atoms with Crippen molar-refractivity contribution in [3.8, 4) is 0 Å².